The number of hydrogen-bond donors (Lipinski definition) is 2. The SMILES string of the molecule is [Mg+2].[O-]B(O)On1cccn1.[O-]B(O)On1cccn1. The smallest absolute Gasteiger partial charge is 0.819 e. The average Bonchev–Trinajstić information content (AvgIpc) is 2.90. The van der Waals surface area contributed by atoms with E-state index in [4.69, 9.17) is 10.0 Å². The third-order valence-corrected chi connectivity index (χ3v) is 1.36. The van der Waals surface area contributed by atoms with Crippen molar-refractivity contribution >= 4 is 37.7 Å². The van der Waals surface area contributed by atoms with Gasteiger partial charge in [0.05, 0.1) is 24.8 Å². The summed E-state index contributed by atoms with van der Waals surface area (Å²) in [5, 5.41) is 42.9. The van der Waals surface area contributed by atoms with Gasteiger partial charge in [0.1, 0.15) is 0 Å². The first-order valence-electron chi connectivity index (χ1n) is 4.59. The molecule has 2 N–H and O–H groups in total. The molecule has 0 fully saturated rings. The summed E-state index contributed by atoms with van der Waals surface area (Å²) in [6, 6.07) is 3.14. The summed E-state index contributed by atoms with van der Waals surface area (Å²) in [7, 11) is -4.13. The van der Waals surface area contributed by atoms with Gasteiger partial charge in [-0.3, -0.25) is 0 Å². The van der Waals surface area contributed by atoms with E-state index >= 15 is 0 Å². The molecule has 96 valence electrons. The van der Waals surface area contributed by atoms with Crippen LogP contribution in [0.4, 0.5) is 0 Å². The topological polar surface area (TPSA) is 141 Å². The molecule has 0 amide bonds. The van der Waals surface area contributed by atoms with Gasteiger partial charge in [-0.05, 0) is 12.1 Å². The van der Waals surface area contributed by atoms with Gasteiger partial charge in [0.2, 0.25) is 0 Å². The monoisotopic (exact) mass is 278 g/mol. The van der Waals surface area contributed by atoms with Gasteiger partial charge < -0.3 is 29.6 Å². The van der Waals surface area contributed by atoms with Gasteiger partial charge in [-0.1, -0.05) is 0 Å². The van der Waals surface area contributed by atoms with Crippen molar-refractivity contribution < 1.29 is 29.6 Å². The maximum Gasteiger partial charge on any atom is 2.00 e. The fraction of sp³-hybridized carbons (Fsp3) is 0. The molecule has 2 aromatic rings. The molecule has 0 aliphatic heterocycles. The minimum absolute atomic E-state index is 0. The Hall–Kier alpha value is -1.24. The second-order valence-electron chi connectivity index (χ2n) is 2.64. The molecule has 0 saturated carbocycles. The van der Waals surface area contributed by atoms with Crippen LogP contribution in [0.25, 0.3) is 0 Å². The molecule has 19 heavy (non-hydrogen) atoms. The summed E-state index contributed by atoms with van der Waals surface area (Å²) in [6.45, 7) is 0. The maximum atomic E-state index is 9.87. The predicted molar refractivity (Wildman–Crippen MR) is 59.3 cm³/mol. The number of hydrogen-bond acceptors (Lipinski definition) is 8. The second kappa shape index (κ2) is 9.66. The Morgan fingerprint density at radius 2 is 1.26 bits per heavy atom. The second-order valence-corrected chi connectivity index (χ2v) is 2.64. The van der Waals surface area contributed by atoms with Crippen molar-refractivity contribution in [3.8, 4) is 0 Å². The van der Waals surface area contributed by atoms with Crippen molar-refractivity contribution in [2.24, 2.45) is 0 Å². The predicted octanol–water partition coefficient (Wildman–Crippen LogP) is -5.08. The third-order valence-electron chi connectivity index (χ3n) is 1.36. The van der Waals surface area contributed by atoms with E-state index in [1.807, 2.05) is 0 Å². The van der Waals surface area contributed by atoms with Gasteiger partial charge in [0.15, 0.2) is 0 Å². The first-order valence-corrected chi connectivity index (χ1v) is 4.59. The molecule has 0 bridgehead atoms. The van der Waals surface area contributed by atoms with Gasteiger partial charge in [0, 0.05) is 0 Å². The minimum atomic E-state index is -2.06. The Morgan fingerprint density at radius 3 is 1.47 bits per heavy atom. The van der Waals surface area contributed by atoms with Gasteiger partial charge in [-0.25, -0.2) is 0 Å². The molecule has 2 rings (SSSR count). The average molecular weight is 278 g/mol. The van der Waals surface area contributed by atoms with E-state index in [0.717, 1.165) is 9.69 Å². The Morgan fingerprint density at radius 1 is 0.895 bits per heavy atom. The van der Waals surface area contributed by atoms with Gasteiger partial charge >= 0.3 is 37.7 Å². The molecule has 0 saturated heterocycles. The van der Waals surface area contributed by atoms with Gasteiger partial charge in [0.25, 0.3) is 0 Å². The van der Waals surface area contributed by atoms with E-state index in [1.54, 1.807) is 12.1 Å². The molecule has 0 aromatic carbocycles. The molecule has 2 heterocycles. The third kappa shape index (κ3) is 8.47. The van der Waals surface area contributed by atoms with E-state index in [2.05, 4.69) is 19.7 Å². The molecule has 0 unspecified atom stereocenters. The van der Waals surface area contributed by atoms with Crippen LogP contribution < -0.4 is 19.6 Å². The minimum Gasteiger partial charge on any atom is -0.819 e. The van der Waals surface area contributed by atoms with Crippen LogP contribution in [0.5, 0.6) is 0 Å². The molecule has 0 radical (unpaired) electrons. The molecular formula is C6H8B2MgN4O6. The van der Waals surface area contributed by atoms with E-state index in [-0.39, 0.29) is 23.1 Å². The van der Waals surface area contributed by atoms with Crippen molar-refractivity contribution in [3.05, 3.63) is 36.9 Å². The van der Waals surface area contributed by atoms with E-state index in [9.17, 15) is 10.0 Å². The number of rotatable bonds is 4. The maximum absolute atomic E-state index is 9.87. The zero-order valence-corrected chi connectivity index (χ0v) is 11.1. The van der Waals surface area contributed by atoms with Gasteiger partial charge in [-0.2, -0.15) is 0 Å². The van der Waals surface area contributed by atoms with Crippen LogP contribution in [-0.2, 0) is 0 Å². The fourth-order valence-corrected chi connectivity index (χ4v) is 0.819. The molecule has 0 atom stereocenters. The normalized spacial score (nSPS) is 8.63. The van der Waals surface area contributed by atoms with Crippen molar-refractivity contribution in [1.29, 1.82) is 0 Å². The first-order chi connectivity index (χ1) is 8.58. The summed E-state index contributed by atoms with van der Waals surface area (Å²) < 4.78 is 8.32. The molecular weight excluding hydrogens is 270 g/mol. The molecule has 13 heteroatoms. The quantitative estimate of drug-likeness (QED) is 0.529. The summed E-state index contributed by atoms with van der Waals surface area (Å²) in [4.78, 5) is 1.77. The summed E-state index contributed by atoms with van der Waals surface area (Å²) in [5.41, 5.74) is 0. The van der Waals surface area contributed by atoms with E-state index in [1.165, 1.54) is 24.8 Å². The zero-order valence-electron chi connectivity index (χ0n) is 9.64. The van der Waals surface area contributed by atoms with Crippen LogP contribution in [-0.4, -0.2) is 67.6 Å². The zero-order chi connectivity index (χ0) is 13.4. The molecule has 10 nitrogen and oxygen atoms in total. The van der Waals surface area contributed by atoms with Crippen LogP contribution in [0, 0.1) is 0 Å². The van der Waals surface area contributed by atoms with Crippen molar-refractivity contribution in [2.45, 2.75) is 0 Å². The van der Waals surface area contributed by atoms with Crippen LogP contribution in [0.15, 0.2) is 36.9 Å². The Balaban J connectivity index is 0.000000324. The Labute approximate surface area is 124 Å². The van der Waals surface area contributed by atoms with Crippen LogP contribution in [0.1, 0.15) is 0 Å². The van der Waals surface area contributed by atoms with E-state index in [0.29, 0.717) is 0 Å². The molecule has 0 aliphatic carbocycles. The summed E-state index contributed by atoms with van der Waals surface area (Å²) >= 11 is 0. The largest absolute Gasteiger partial charge is 2.00 e. The Kier molecular flexibility index (Phi) is 9.02. The first kappa shape index (κ1) is 17.8. The Bertz CT molecular complexity index is 373. The van der Waals surface area contributed by atoms with Crippen LogP contribution in [0.3, 0.4) is 0 Å². The van der Waals surface area contributed by atoms with Gasteiger partial charge in [-0.15, -0.1) is 19.9 Å². The number of aromatic nitrogens is 4. The van der Waals surface area contributed by atoms with E-state index < -0.39 is 14.6 Å². The molecule has 0 aliphatic rings. The summed E-state index contributed by atoms with van der Waals surface area (Å²) in [5.74, 6) is 0. The van der Waals surface area contributed by atoms with Crippen LogP contribution >= 0.6 is 0 Å². The van der Waals surface area contributed by atoms with Crippen molar-refractivity contribution in [2.75, 3.05) is 0 Å². The summed E-state index contributed by atoms with van der Waals surface area (Å²) in [6.07, 6.45) is 5.67. The van der Waals surface area contributed by atoms with Crippen LogP contribution in [0.2, 0.25) is 0 Å². The standard InChI is InChI=1S/2C3H4BN2O3.Mg/c2*7-4(8)9-6-3-1-2-5-6;/h2*1-3,7H;/q2*-1;+2. The van der Waals surface area contributed by atoms with Crippen molar-refractivity contribution in [1.82, 2.24) is 19.9 Å². The van der Waals surface area contributed by atoms with Crippen molar-refractivity contribution in [3.63, 3.8) is 0 Å². The molecule has 0 spiro atoms. The number of nitrogens with zero attached hydrogens (tertiary/aromatic N) is 4. The molecule has 2 aromatic heterocycles. The fourth-order valence-electron chi connectivity index (χ4n) is 0.819.